The highest BCUT2D eigenvalue weighted by Gasteiger charge is 2.23. The predicted molar refractivity (Wildman–Crippen MR) is 92.2 cm³/mol. The number of amides is 1. The van der Waals surface area contributed by atoms with Crippen molar-refractivity contribution in [2.75, 3.05) is 11.9 Å². The van der Waals surface area contributed by atoms with Crippen molar-refractivity contribution < 1.29 is 9.18 Å². The summed E-state index contributed by atoms with van der Waals surface area (Å²) >= 11 is 6.08. The highest BCUT2D eigenvalue weighted by molar-refractivity contribution is 6.31. The summed E-state index contributed by atoms with van der Waals surface area (Å²) < 4.78 is 13.2. The summed E-state index contributed by atoms with van der Waals surface area (Å²) in [6.07, 6.45) is 0. The second-order valence-corrected chi connectivity index (χ2v) is 6.25. The van der Waals surface area contributed by atoms with E-state index in [-0.39, 0.29) is 12.5 Å². The third-order valence-corrected chi connectivity index (χ3v) is 3.88. The number of rotatable bonds is 5. The Morgan fingerprint density at radius 1 is 1.29 bits per heavy atom. The minimum absolute atomic E-state index is 0.0392. The van der Waals surface area contributed by atoms with Gasteiger partial charge in [0, 0.05) is 16.2 Å². The van der Waals surface area contributed by atoms with Crippen LogP contribution in [0.25, 0.3) is 0 Å². The van der Waals surface area contributed by atoms with Gasteiger partial charge in [0.05, 0.1) is 18.2 Å². The molecule has 0 unspecified atom stereocenters. The summed E-state index contributed by atoms with van der Waals surface area (Å²) in [6.45, 7) is 3.75. The molecular formula is C18H17ClFN3O. The molecule has 6 heteroatoms. The standard InChI is InChI=1S/C18H17ClFN3O/c1-18(2,15-7-6-13(20)9-16(15)19)22-11-17(24)23-14-5-3-4-12(8-14)10-21/h3-9,22H,11H2,1-2H3,(H,23,24). The number of hydrogen-bond acceptors (Lipinski definition) is 3. The second kappa shape index (κ2) is 7.43. The molecule has 24 heavy (non-hydrogen) atoms. The van der Waals surface area contributed by atoms with E-state index in [2.05, 4.69) is 10.6 Å². The van der Waals surface area contributed by atoms with Gasteiger partial charge in [0.1, 0.15) is 5.82 Å². The summed E-state index contributed by atoms with van der Waals surface area (Å²) in [5.74, 6) is -0.661. The van der Waals surface area contributed by atoms with E-state index in [1.165, 1.54) is 12.1 Å². The minimum atomic E-state index is -0.614. The van der Waals surface area contributed by atoms with Crippen LogP contribution in [0.3, 0.4) is 0 Å². The van der Waals surface area contributed by atoms with Gasteiger partial charge in [-0.3, -0.25) is 10.1 Å². The van der Waals surface area contributed by atoms with E-state index in [1.54, 1.807) is 30.3 Å². The van der Waals surface area contributed by atoms with Crippen LogP contribution in [0.5, 0.6) is 0 Å². The zero-order chi connectivity index (χ0) is 17.7. The molecular weight excluding hydrogens is 329 g/mol. The van der Waals surface area contributed by atoms with Crippen molar-refractivity contribution in [3.8, 4) is 6.07 Å². The van der Waals surface area contributed by atoms with Gasteiger partial charge in [-0.2, -0.15) is 5.26 Å². The monoisotopic (exact) mass is 345 g/mol. The van der Waals surface area contributed by atoms with E-state index < -0.39 is 11.4 Å². The average molecular weight is 346 g/mol. The van der Waals surface area contributed by atoms with Crippen LogP contribution in [0.1, 0.15) is 25.0 Å². The number of halogens is 2. The zero-order valence-corrected chi connectivity index (χ0v) is 14.1. The SMILES string of the molecule is CC(C)(NCC(=O)Nc1cccc(C#N)c1)c1ccc(F)cc1Cl. The van der Waals surface area contributed by atoms with E-state index in [4.69, 9.17) is 16.9 Å². The quantitative estimate of drug-likeness (QED) is 0.866. The van der Waals surface area contributed by atoms with Gasteiger partial charge in [-0.15, -0.1) is 0 Å². The lowest BCUT2D eigenvalue weighted by Gasteiger charge is -2.27. The summed E-state index contributed by atoms with van der Waals surface area (Å²) in [5, 5.41) is 15.0. The van der Waals surface area contributed by atoms with Crippen LogP contribution in [0.15, 0.2) is 42.5 Å². The number of nitriles is 1. The van der Waals surface area contributed by atoms with Gasteiger partial charge in [-0.25, -0.2) is 4.39 Å². The molecule has 0 aliphatic carbocycles. The second-order valence-electron chi connectivity index (χ2n) is 5.84. The zero-order valence-electron chi connectivity index (χ0n) is 13.4. The Balaban J connectivity index is 2.00. The smallest absolute Gasteiger partial charge is 0.238 e. The number of benzene rings is 2. The van der Waals surface area contributed by atoms with Crippen molar-refractivity contribution in [2.45, 2.75) is 19.4 Å². The van der Waals surface area contributed by atoms with Crippen molar-refractivity contribution in [3.63, 3.8) is 0 Å². The van der Waals surface area contributed by atoms with Gasteiger partial charge in [0.2, 0.25) is 5.91 Å². The molecule has 0 bridgehead atoms. The van der Waals surface area contributed by atoms with Crippen molar-refractivity contribution in [1.29, 1.82) is 5.26 Å². The maximum atomic E-state index is 13.2. The van der Waals surface area contributed by atoms with Crippen LogP contribution in [0.4, 0.5) is 10.1 Å². The first kappa shape index (κ1) is 17.9. The van der Waals surface area contributed by atoms with Crippen LogP contribution in [-0.4, -0.2) is 12.5 Å². The van der Waals surface area contributed by atoms with Crippen LogP contribution in [0, 0.1) is 17.1 Å². The third kappa shape index (κ3) is 4.54. The van der Waals surface area contributed by atoms with Crippen molar-refractivity contribution in [2.24, 2.45) is 0 Å². The average Bonchev–Trinajstić information content (AvgIpc) is 2.53. The molecule has 0 radical (unpaired) electrons. The van der Waals surface area contributed by atoms with E-state index in [9.17, 15) is 9.18 Å². The summed E-state index contributed by atoms with van der Waals surface area (Å²) in [5.41, 5.74) is 1.11. The third-order valence-electron chi connectivity index (χ3n) is 3.57. The molecule has 0 heterocycles. The first-order valence-corrected chi connectivity index (χ1v) is 7.70. The Hall–Kier alpha value is -2.42. The van der Waals surface area contributed by atoms with E-state index in [0.717, 1.165) is 0 Å². The number of carbonyl (C=O) groups excluding carboxylic acids is 1. The molecule has 124 valence electrons. The van der Waals surface area contributed by atoms with Crippen molar-refractivity contribution in [1.82, 2.24) is 5.32 Å². The molecule has 0 saturated heterocycles. The summed E-state index contributed by atoms with van der Waals surface area (Å²) in [4.78, 5) is 12.1. The number of nitrogens with one attached hydrogen (secondary N) is 2. The highest BCUT2D eigenvalue weighted by Crippen LogP contribution is 2.28. The molecule has 2 aromatic rings. The maximum Gasteiger partial charge on any atom is 0.238 e. The van der Waals surface area contributed by atoms with Crippen LogP contribution in [0.2, 0.25) is 5.02 Å². The van der Waals surface area contributed by atoms with Crippen molar-refractivity contribution in [3.05, 3.63) is 64.4 Å². The fourth-order valence-electron chi connectivity index (χ4n) is 2.26. The van der Waals surface area contributed by atoms with Gasteiger partial charge < -0.3 is 5.32 Å². The molecule has 2 N–H and O–H groups in total. The molecule has 2 aromatic carbocycles. The van der Waals surface area contributed by atoms with Crippen LogP contribution >= 0.6 is 11.6 Å². The lowest BCUT2D eigenvalue weighted by Crippen LogP contribution is -2.41. The minimum Gasteiger partial charge on any atom is -0.325 e. The predicted octanol–water partition coefficient (Wildman–Crippen LogP) is 3.81. The number of nitrogens with zero attached hydrogens (tertiary/aromatic N) is 1. The molecule has 0 atom stereocenters. The Labute approximate surface area is 145 Å². The number of anilines is 1. The first-order chi connectivity index (χ1) is 11.3. The van der Waals surface area contributed by atoms with Crippen molar-refractivity contribution >= 4 is 23.2 Å². The Kier molecular flexibility index (Phi) is 5.55. The fraction of sp³-hybridized carbons (Fsp3) is 0.222. The van der Waals surface area contributed by atoms with E-state index in [0.29, 0.717) is 21.8 Å². The Bertz CT molecular complexity index is 799. The molecule has 0 saturated carbocycles. The lowest BCUT2D eigenvalue weighted by atomic mass is 9.94. The molecule has 4 nitrogen and oxygen atoms in total. The molecule has 0 spiro atoms. The van der Waals surface area contributed by atoms with Crippen LogP contribution < -0.4 is 10.6 Å². The van der Waals surface area contributed by atoms with Crippen LogP contribution in [-0.2, 0) is 10.3 Å². The molecule has 0 aliphatic rings. The number of hydrogen-bond donors (Lipinski definition) is 2. The summed E-state index contributed by atoms with van der Waals surface area (Å²) in [6, 6.07) is 12.9. The van der Waals surface area contributed by atoms with E-state index >= 15 is 0 Å². The molecule has 1 amide bonds. The largest absolute Gasteiger partial charge is 0.325 e. The van der Waals surface area contributed by atoms with Gasteiger partial charge in [0.15, 0.2) is 0 Å². The topological polar surface area (TPSA) is 64.9 Å². The van der Waals surface area contributed by atoms with E-state index in [1.807, 2.05) is 19.9 Å². The number of carbonyl (C=O) groups is 1. The molecule has 2 rings (SSSR count). The van der Waals surface area contributed by atoms with Gasteiger partial charge >= 0.3 is 0 Å². The Morgan fingerprint density at radius 2 is 2.04 bits per heavy atom. The lowest BCUT2D eigenvalue weighted by molar-refractivity contribution is -0.115. The van der Waals surface area contributed by atoms with Gasteiger partial charge in [0.25, 0.3) is 0 Å². The molecule has 0 fully saturated rings. The summed E-state index contributed by atoms with van der Waals surface area (Å²) in [7, 11) is 0. The maximum absolute atomic E-state index is 13.2. The highest BCUT2D eigenvalue weighted by atomic mass is 35.5. The van der Waals surface area contributed by atoms with Gasteiger partial charge in [-0.05, 0) is 49.7 Å². The molecule has 0 aliphatic heterocycles. The molecule has 0 aromatic heterocycles. The first-order valence-electron chi connectivity index (χ1n) is 7.32. The fourth-order valence-corrected chi connectivity index (χ4v) is 2.67. The Morgan fingerprint density at radius 3 is 2.71 bits per heavy atom. The normalized spacial score (nSPS) is 11.0. The van der Waals surface area contributed by atoms with Gasteiger partial charge in [-0.1, -0.05) is 23.7 Å².